The second-order valence-electron chi connectivity index (χ2n) is 7.35. The van der Waals surface area contributed by atoms with Crippen LogP contribution in [0.1, 0.15) is 12.6 Å². The van der Waals surface area contributed by atoms with E-state index in [1.165, 1.54) is 0 Å². The van der Waals surface area contributed by atoms with E-state index in [9.17, 15) is 49.7 Å². The summed E-state index contributed by atoms with van der Waals surface area (Å²) in [5.41, 5.74) is -2.33. The molecule has 1 saturated heterocycles. The van der Waals surface area contributed by atoms with Crippen LogP contribution in [0.2, 0.25) is 0 Å². The first kappa shape index (κ1) is 38.2. The molecule has 1 unspecified atom stereocenters. The number of aromatic nitrogens is 2. The number of hydrogen-bond donors (Lipinski definition) is 6. The van der Waals surface area contributed by atoms with E-state index in [0.717, 1.165) is 29.0 Å². The summed E-state index contributed by atoms with van der Waals surface area (Å²) in [5.74, 6) is 0. The summed E-state index contributed by atoms with van der Waals surface area (Å²) in [5, 5.41) is 58.6. The minimum absolute atomic E-state index is 0. The molecule has 37 heavy (non-hydrogen) atoms. The Morgan fingerprint density at radius 1 is 1.22 bits per heavy atom. The Hall–Kier alpha value is 1.22. The van der Waals surface area contributed by atoms with Crippen LogP contribution in [0.3, 0.4) is 0 Å². The Bertz CT molecular complexity index is 1090. The van der Waals surface area contributed by atoms with Gasteiger partial charge in [0.05, 0.1) is 24.8 Å². The van der Waals surface area contributed by atoms with Crippen LogP contribution in [0.4, 0.5) is 0 Å². The van der Waals surface area contributed by atoms with Crippen molar-refractivity contribution >= 4 is 15.8 Å². The van der Waals surface area contributed by atoms with Crippen molar-refractivity contribution in [3.05, 3.63) is 41.0 Å². The zero-order valence-corrected chi connectivity index (χ0v) is 27.8. The molecule has 0 bridgehead atoms. The summed E-state index contributed by atoms with van der Waals surface area (Å²) in [6, 6.07) is 0.130. The van der Waals surface area contributed by atoms with Gasteiger partial charge in [0.2, 0.25) is 5.50 Å². The maximum atomic E-state index is 12.3. The topological polar surface area (TPSA) is 280 Å². The largest absolute Gasteiger partial charge is 1.00 e. The zero-order valence-electron chi connectivity index (χ0n) is 20.0. The molecule has 3 rings (SSSR count). The smallest absolute Gasteiger partial charge is 0.846 e. The second kappa shape index (κ2) is 15.4. The van der Waals surface area contributed by atoms with E-state index in [-0.39, 0.29) is 94.2 Å². The van der Waals surface area contributed by atoms with Crippen molar-refractivity contribution in [3.8, 4) is 6.01 Å². The number of phosphoric acid groups is 1. The van der Waals surface area contributed by atoms with E-state index in [2.05, 4.69) is 14.0 Å². The number of aliphatic hydroxyl groups excluding tert-OH is 4. The van der Waals surface area contributed by atoms with Gasteiger partial charge in [-0.1, -0.05) is 20.1 Å². The molecule has 2 aliphatic rings. The first-order chi connectivity index (χ1) is 15.7. The standard InChI is InChI=1S/C16H23N3O13P2.3Na/c17-11-3-4-19(16(24)18-11)14-13(23)12(22)10(31-14)6-30-34(28,29)32-15(33(25,26)27)7-1-2-8(20)9(21)5-7;;;/h1-4,8-10,12-14,20-23H,5-6H2,(H,28,29)(H2,17,18,24)(H2,25,26,27);;;/q;3*+1/p-3/b15-7+;;;/t8-,9+,10+,12+,13+,14+;;;/m0.../s1. The van der Waals surface area contributed by atoms with E-state index >= 15 is 0 Å². The van der Waals surface area contributed by atoms with Gasteiger partial charge in [-0.3, -0.25) is 14.8 Å². The van der Waals surface area contributed by atoms with Gasteiger partial charge in [0.15, 0.2) is 6.23 Å². The maximum Gasteiger partial charge on any atom is 1.00 e. The summed E-state index contributed by atoms with van der Waals surface area (Å²) in [6.07, 6.45) is -6.98. The third kappa shape index (κ3) is 9.92. The number of rotatable bonds is 7. The molecule has 0 aromatic carbocycles. The summed E-state index contributed by atoms with van der Waals surface area (Å²) >= 11 is 0. The molecule has 190 valence electrons. The van der Waals surface area contributed by atoms with Crippen LogP contribution < -0.4 is 114 Å². The fourth-order valence-corrected chi connectivity index (χ4v) is 5.16. The molecule has 1 aliphatic carbocycles. The fraction of sp³-hybridized carbons (Fsp3) is 0.500. The predicted octanol–water partition coefficient (Wildman–Crippen LogP) is -14.1. The molecule has 1 aliphatic heterocycles. The van der Waals surface area contributed by atoms with Gasteiger partial charge in [0.1, 0.15) is 23.8 Å². The Kier molecular flexibility index (Phi) is 16.0. The monoisotopic (exact) mass is 593 g/mol. The van der Waals surface area contributed by atoms with Gasteiger partial charge in [0.25, 0.3) is 0 Å². The number of nitrogens with zero attached hydrogens (tertiary/aromatic N) is 2. The van der Waals surface area contributed by atoms with Crippen LogP contribution in [0.15, 0.2) is 35.5 Å². The van der Waals surface area contributed by atoms with Crippen molar-refractivity contribution in [1.29, 1.82) is 5.41 Å². The third-order valence-electron chi connectivity index (χ3n) is 4.89. The van der Waals surface area contributed by atoms with Crippen molar-refractivity contribution in [2.75, 3.05) is 6.61 Å². The van der Waals surface area contributed by atoms with Gasteiger partial charge < -0.3 is 54.0 Å². The van der Waals surface area contributed by atoms with E-state index in [0.29, 0.717) is 0 Å². The van der Waals surface area contributed by atoms with Crippen LogP contribution in [0.5, 0.6) is 6.01 Å². The number of nitrogens with one attached hydrogen (secondary N) is 1. The van der Waals surface area contributed by atoms with Gasteiger partial charge in [-0.05, 0) is 6.07 Å². The molecule has 0 saturated carbocycles. The molecule has 1 fully saturated rings. The molecule has 1 aromatic rings. The van der Waals surface area contributed by atoms with Crippen molar-refractivity contribution in [3.63, 3.8) is 0 Å². The Labute approximate surface area is 276 Å². The summed E-state index contributed by atoms with van der Waals surface area (Å²) in [6.45, 7) is -0.955. The minimum Gasteiger partial charge on any atom is -0.846 e. The first-order valence-electron chi connectivity index (χ1n) is 9.49. The molecule has 6 N–H and O–H groups in total. The summed E-state index contributed by atoms with van der Waals surface area (Å²) < 4.78 is 27.4. The molecule has 21 heteroatoms. The van der Waals surface area contributed by atoms with Crippen LogP contribution in [-0.2, 0) is 18.3 Å². The van der Waals surface area contributed by atoms with Crippen LogP contribution in [-0.4, -0.2) is 72.0 Å². The Balaban J connectivity index is 0.00000432. The van der Waals surface area contributed by atoms with Gasteiger partial charge in [0, 0.05) is 18.2 Å². The molecule has 2 heterocycles. The van der Waals surface area contributed by atoms with Crippen LogP contribution in [0, 0.1) is 5.41 Å². The third-order valence-corrected chi connectivity index (χ3v) is 6.80. The second-order valence-corrected chi connectivity index (χ2v) is 10.1. The van der Waals surface area contributed by atoms with E-state index in [4.69, 9.17) is 10.1 Å². The molecule has 0 radical (unpaired) electrons. The van der Waals surface area contributed by atoms with Gasteiger partial charge in [-0.2, -0.15) is 0 Å². The summed E-state index contributed by atoms with van der Waals surface area (Å²) in [4.78, 5) is 48.0. The quantitative estimate of drug-likeness (QED) is 0.0973. The number of ether oxygens (including phenoxy) is 1. The Morgan fingerprint density at radius 3 is 2.38 bits per heavy atom. The molecular formula is C16H20N3Na3O13P2. The van der Waals surface area contributed by atoms with Crippen molar-refractivity contribution in [2.24, 2.45) is 0 Å². The zero-order chi connectivity index (χ0) is 25.4. The minimum atomic E-state index is -5.80. The average Bonchev–Trinajstić information content (AvgIpc) is 3.00. The molecule has 16 nitrogen and oxygen atoms in total. The molecular weight excluding hydrogens is 573 g/mol. The normalized spacial score (nSPS) is 30.3. The maximum absolute atomic E-state index is 12.3. The van der Waals surface area contributed by atoms with Crippen molar-refractivity contribution < 1.29 is 152 Å². The number of phosphoric ester groups is 1. The van der Waals surface area contributed by atoms with Crippen molar-refractivity contribution in [2.45, 2.75) is 43.2 Å². The number of hydrogen-bond acceptors (Lipinski definition) is 14. The SMILES string of the molecule is N=c1ccn([C@@H]2O[C@H](COP(=O)(O)O/C(=C3/C=C[C@H](O)[C@H](O)C3)[P+]([O-])([O-])[O-])[C@@H](O)[C@H]2O)c([O-])n1.[Na+].[Na+].[Na+]. The Morgan fingerprint density at radius 2 is 1.84 bits per heavy atom. The number of aliphatic hydroxyl groups is 4. The first-order valence-corrected chi connectivity index (χ1v) is 12.5. The average molecular weight is 593 g/mol. The van der Waals surface area contributed by atoms with Crippen LogP contribution in [0.25, 0.3) is 0 Å². The fourth-order valence-electron chi connectivity index (χ4n) is 3.21. The van der Waals surface area contributed by atoms with Gasteiger partial charge in [-0.25, -0.2) is 9.55 Å². The van der Waals surface area contributed by atoms with Crippen molar-refractivity contribution in [1.82, 2.24) is 9.55 Å². The molecule has 1 aromatic heterocycles. The molecule has 0 amide bonds. The van der Waals surface area contributed by atoms with E-state index < -0.39 is 82.6 Å². The van der Waals surface area contributed by atoms with E-state index in [1.54, 1.807) is 0 Å². The van der Waals surface area contributed by atoms with E-state index in [1.807, 2.05) is 0 Å². The molecule has 0 spiro atoms. The van der Waals surface area contributed by atoms with Crippen LogP contribution >= 0.6 is 15.8 Å². The van der Waals surface area contributed by atoms with Gasteiger partial charge >= 0.3 is 96.5 Å². The van der Waals surface area contributed by atoms with Gasteiger partial charge in [-0.15, -0.1) is 0 Å². The number of allylic oxidation sites excluding steroid dienone is 1. The summed E-state index contributed by atoms with van der Waals surface area (Å²) in [7, 11) is -11.1. The molecule has 7 atom stereocenters. The predicted molar refractivity (Wildman–Crippen MR) is 100 cm³/mol.